The largest absolute Gasteiger partial charge is 0.269 e. The standard InChI is InChI=1S/C11H18N2O9S4/c1-23(14,15)13(24(2,16)17)12(9-10-22-25(3,18)19)26(20,21)11-7-5-4-6-8-11/h4-8H,9-10H2,1-3H3. The van der Waals surface area contributed by atoms with E-state index in [-0.39, 0.29) is 8.23 Å². The molecule has 0 aromatic heterocycles. The summed E-state index contributed by atoms with van der Waals surface area (Å²) in [6.07, 6.45) is 1.70. The summed E-state index contributed by atoms with van der Waals surface area (Å²) in [5, 5.41) is 0. The number of hydrogen-bond donors (Lipinski definition) is 0. The fourth-order valence-electron chi connectivity index (χ4n) is 1.85. The van der Waals surface area contributed by atoms with E-state index in [2.05, 4.69) is 4.18 Å². The van der Waals surface area contributed by atoms with E-state index in [0.29, 0.717) is 18.8 Å². The van der Waals surface area contributed by atoms with Crippen molar-refractivity contribution >= 4 is 40.2 Å². The average Bonchev–Trinajstić information content (AvgIpc) is 2.43. The first-order valence-electron chi connectivity index (χ1n) is 6.69. The molecule has 150 valence electrons. The van der Waals surface area contributed by atoms with Crippen molar-refractivity contribution in [1.29, 1.82) is 0 Å². The number of rotatable bonds is 9. The number of hydrazine groups is 1. The SMILES string of the molecule is CS(=O)(=O)OCCN(N(S(C)(=O)=O)S(C)(=O)=O)S(=O)(=O)c1ccccc1. The summed E-state index contributed by atoms with van der Waals surface area (Å²) >= 11 is 0. The predicted molar refractivity (Wildman–Crippen MR) is 92.7 cm³/mol. The fraction of sp³-hybridized carbons (Fsp3) is 0.455. The van der Waals surface area contributed by atoms with Crippen LogP contribution in [0.5, 0.6) is 0 Å². The van der Waals surface area contributed by atoms with Crippen LogP contribution >= 0.6 is 0 Å². The molecule has 26 heavy (non-hydrogen) atoms. The maximum atomic E-state index is 12.8. The molecule has 0 fully saturated rings. The highest BCUT2D eigenvalue weighted by Gasteiger charge is 2.41. The molecule has 0 spiro atoms. The highest BCUT2D eigenvalue weighted by Crippen LogP contribution is 2.21. The molecule has 0 unspecified atom stereocenters. The van der Waals surface area contributed by atoms with Crippen LogP contribution in [-0.2, 0) is 44.4 Å². The molecule has 0 bridgehead atoms. The minimum Gasteiger partial charge on any atom is -0.269 e. The second-order valence-corrected chi connectivity index (χ2v) is 12.4. The molecular formula is C11H18N2O9S4. The number of sulfonamides is 3. The van der Waals surface area contributed by atoms with E-state index in [1.165, 1.54) is 18.2 Å². The maximum Gasteiger partial charge on any atom is 0.264 e. The van der Waals surface area contributed by atoms with Crippen molar-refractivity contribution in [2.24, 2.45) is 0 Å². The lowest BCUT2D eigenvalue weighted by molar-refractivity contribution is 0.207. The van der Waals surface area contributed by atoms with Crippen molar-refractivity contribution in [3.63, 3.8) is 0 Å². The third-order valence-corrected chi connectivity index (χ3v) is 8.37. The zero-order valence-electron chi connectivity index (χ0n) is 14.0. The van der Waals surface area contributed by atoms with Crippen LogP contribution in [0, 0.1) is 0 Å². The smallest absolute Gasteiger partial charge is 0.264 e. The molecule has 0 heterocycles. The van der Waals surface area contributed by atoms with Crippen molar-refractivity contribution in [1.82, 2.24) is 8.23 Å². The topological polar surface area (TPSA) is 152 Å². The van der Waals surface area contributed by atoms with E-state index in [9.17, 15) is 33.7 Å². The van der Waals surface area contributed by atoms with Crippen molar-refractivity contribution in [3.05, 3.63) is 30.3 Å². The molecule has 1 rings (SSSR count). The Labute approximate surface area is 153 Å². The van der Waals surface area contributed by atoms with Crippen molar-refractivity contribution in [2.45, 2.75) is 4.90 Å². The highest BCUT2D eigenvalue weighted by molar-refractivity contribution is 8.04. The van der Waals surface area contributed by atoms with Gasteiger partial charge in [-0.25, -0.2) is 25.3 Å². The van der Waals surface area contributed by atoms with E-state index < -0.39 is 58.2 Å². The zero-order valence-corrected chi connectivity index (χ0v) is 17.3. The average molecular weight is 451 g/mol. The Kier molecular flexibility index (Phi) is 6.95. The Hall–Kier alpha value is -1.10. The highest BCUT2D eigenvalue weighted by atomic mass is 32.3. The van der Waals surface area contributed by atoms with E-state index in [4.69, 9.17) is 0 Å². The molecule has 0 saturated heterocycles. The predicted octanol–water partition coefficient (Wildman–Crippen LogP) is -1.21. The number of hydrogen-bond acceptors (Lipinski definition) is 9. The minimum absolute atomic E-state index is 0.0399. The van der Waals surface area contributed by atoms with E-state index in [0.717, 1.165) is 12.1 Å². The first-order valence-corrected chi connectivity index (χ1v) is 13.6. The van der Waals surface area contributed by atoms with Gasteiger partial charge in [-0.2, -0.15) is 8.42 Å². The Morgan fingerprint density at radius 1 is 0.808 bits per heavy atom. The van der Waals surface area contributed by atoms with E-state index in [1.807, 2.05) is 0 Å². The van der Waals surface area contributed by atoms with Crippen LogP contribution in [0.25, 0.3) is 0 Å². The van der Waals surface area contributed by atoms with Crippen LogP contribution < -0.4 is 0 Å². The van der Waals surface area contributed by atoms with Gasteiger partial charge in [-0.05, 0) is 16.0 Å². The van der Waals surface area contributed by atoms with Gasteiger partial charge in [-0.1, -0.05) is 18.2 Å². The van der Waals surface area contributed by atoms with Crippen LogP contribution in [0.4, 0.5) is 0 Å². The Balaban J connectivity index is 3.52. The molecule has 0 saturated carbocycles. The molecule has 1 aromatic carbocycles. The summed E-state index contributed by atoms with van der Waals surface area (Å²) in [5.41, 5.74) is 0. The third-order valence-electron chi connectivity index (χ3n) is 2.65. The van der Waals surface area contributed by atoms with Gasteiger partial charge < -0.3 is 0 Å². The zero-order chi connectivity index (χ0) is 20.4. The third kappa shape index (κ3) is 6.26. The van der Waals surface area contributed by atoms with Crippen LogP contribution in [0.15, 0.2) is 35.2 Å². The van der Waals surface area contributed by atoms with E-state index in [1.54, 1.807) is 0 Å². The molecule has 0 aliphatic heterocycles. The summed E-state index contributed by atoms with van der Waals surface area (Å²) in [4.78, 5) is -0.392. The quantitative estimate of drug-likeness (QED) is 0.333. The van der Waals surface area contributed by atoms with Crippen molar-refractivity contribution in [2.75, 3.05) is 31.9 Å². The molecule has 15 heteroatoms. The molecule has 11 nitrogen and oxygen atoms in total. The van der Waals surface area contributed by atoms with Crippen LogP contribution in [0.1, 0.15) is 0 Å². The Morgan fingerprint density at radius 2 is 1.27 bits per heavy atom. The second-order valence-electron chi connectivity index (χ2n) is 5.09. The molecule has 0 atom stereocenters. The van der Waals surface area contributed by atoms with Gasteiger partial charge in [0.2, 0.25) is 20.0 Å². The molecular weight excluding hydrogens is 432 g/mol. The van der Waals surface area contributed by atoms with Crippen LogP contribution in [0.2, 0.25) is 0 Å². The summed E-state index contributed by atoms with van der Waals surface area (Å²) in [6.45, 7) is -1.68. The lowest BCUT2D eigenvalue weighted by Gasteiger charge is -2.29. The van der Waals surface area contributed by atoms with Gasteiger partial charge in [0.05, 0.1) is 36.8 Å². The summed E-state index contributed by atoms with van der Waals surface area (Å²) in [6, 6.07) is 6.46. The van der Waals surface area contributed by atoms with Crippen molar-refractivity contribution in [3.8, 4) is 0 Å². The minimum atomic E-state index is -4.66. The first-order chi connectivity index (χ1) is 11.6. The summed E-state index contributed by atoms with van der Waals surface area (Å²) in [7, 11) is -17.8. The Morgan fingerprint density at radius 3 is 1.65 bits per heavy atom. The van der Waals surface area contributed by atoms with Gasteiger partial charge in [0.15, 0.2) is 0 Å². The molecule has 0 radical (unpaired) electrons. The number of benzene rings is 1. The molecule has 1 aromatic rings. The van der Waals surface area contributed by atoms with Gasteiger partial charge in [0, 0.05) is 0 Å². The monoisotopic (exact) mass is 450 g/mol. The first kappa shape index (κ1) is 22.9. The van der Waals surface area contributed by atoms with Gasteiger partial charge in [-0.15, -0.1) is 4.41 Å². The van der Waals surface area contributed by atoms with Crippen molar-refractivity contribution < 1.29 is 37.9 Å². The summed E-state index contributed by atoms with van der Waals surface area (Å²) in [5.74, 6) is 0. The molecule has 0 aliphatic rings. The Bertz CT molecular complexity index is 1010. The van der Waals surface area contributed by atoms with Gasteiger partial charge in [0.1, 0.15) is 0 Å². The van der Waals surface area contributed by atoms with Crippen LogP contribution in [0.3, 0.4) is 0 Å². The fourth-order valence-corrected chi connectivity index (χ4v) is 7.51. The lowest BCUT2D eigenvalue weighted by Crippen LogP contribution is -2.52. The van der Waals surface area contributed by atoms with Gasteiger partial charge >= 0.3 is 0 Å². The maximum absolute atomic E-state index is 12.8. The van der Waals surface area contributed by atoms with Gasteiger partial charge in [-0.3, -0.25) is 4.18 Å². The summed E-state index contributed by atoms with van der Waals surface area (Å²) < 4.78 is 99.6. The lowest BCUT2D eigenvalue weighted by atomic mass is 10.4. The second kappa shape index (κ2) is 7.87. The van der Waals surface area contributed by atoms with E-state index >= 15 is 0 Å². The molecule has 0 amide bonds. The molecule has 0 aliphatic carbocycles. The normalized spacial score (nSPS) is 14.0. The molecule has 0 N–H and O–H groups in total. The van der Waals surface area contributed by atoms with Crippen LogP contribution in [-0.4, -0.2) is 73.8 Å². The number of nitrogens with zero attached hydrogens (tertiary/aromatic N) is 2. The van der Waals surface area contributed by atoms with Gasteiger partial charge in [0.25, 0.3) is 20.1 Å².